The number of ether oxygens (including phenoxy) is 1. The number of pyridine rings is 1. The molecule has 6 nitrogen and oxygen atoms in total. The van der Waals surface area contributed by atoms with Gasteiger partial charge in [0, 0.05) is 16.9 Å². The predicted octanol–water partition coefficient (Wildman–Crippen LogP) is 3.39. The molecule has 2 aromatic carbocycles. The van der Waals surface area contributed by atoms with Crippen LogP contribution < -0.4 is 20.5 Å². The number of hydrogen-bond donors (Lipinski definition) is 1. The fourth-order valence-corrected chi connectivity index (χ4v) is 2.61. The van der Waals surface area contributed by atoms with Gasteiger partial charge in [-0.15, -0.1) is 0 Å². The first kappa shape index (κ1) is 18.5. The lowest BCUT2D eigenvalue weighted by atomic mass is 10.2. The standard InChI is InChI=1S/C20H17ClN2O4/c1-26-17-8-2-5-14(11-17)13-27-23-10-4-9-18(20(23)25)19(24)22-16-7-3-6-15(21)12-16/h2-12H,13H2,1H3,(H,22,24). The Bertz CT molecular complexity index is 1020. The van der Waals surface area contributed by atoms with Gasteiger partial charge in [0.1, 0.15) is 17.9 Å². The minimum absolute atomic E-state index is 0.0388. The number of carbonyl (C=O) groups is 1. The van der Waals surface area contributed by atoms with Crippen molar-refractivity contribution in [1.82, 2.24) is 4.73 Å². The van der Waals surface area contributed by atoms with Crippen LogP contribution in [0.4, 0.5) is 5.69 Å². The van der Waals surface area contributed by atoms with E-state index in [4.69, 9.17) is 21.2 Å². The van der Waals surface area contributed by atoms with E-state index < -0.39 is 11.5 Å². The molecule has 0 fully saturated rings. The molecule has 1 amide bonds. The van der Waals surface area contributed by atoms with Gasteiger partial charge in [-0.1, -0.05) is 29.8 Å². The van der Waals surface area contributed by atoms with Crippen LogP contribution in [0, 0.1) is 0 Å². The molecule has 0 spiro atoms. The molecule has 1 aromatic heterocycles. The van der Waals surface area contributed by atoms with Gasteiger partial charge in [-0.05, 0) is 48.0 Å². The van der Waals surface area contributed by atoms with Crippen molar-refractivity contribution in [3.63, 3.8) is 0 Å². The number of methoxy groups -OCH3 is 1. The number of benzene rings is 2. The van der Waals surface area contributed by atoms with Gasteiger partial charge in [0.2, 0.25) is 0 Å². The monoisotopic (exact) mass is 384 g/mol. The number of rotatable bonds is 6. The number of carbonyl (C=O) groups excluding carboxylic acids is 1. The first-order chi connectivity index (χ1) is 13.1. The average molecular weight is 385 g/mol. The first-order valence-corrected chi connectivity index (χ1v) is 8.49. The number of amides is 1. The van der Waals surface area contributed by atoms with Crippen molar-refractivity contribution in [2.75, 3.05) is 12.4 Å². The summed E-state index contributed by atoms with van der Waals surface area (Å²) < 4.78 is 6.19. The average Bonchev–Trinajstić information content (AvgIpc) is 2.67. The maximum Gasteiger partial charge on any atom is 0.295 e. The first-order valence-electron chi connectivity index (χ1n) is 8.11. The highest BCUT2D eigenvalue weighted by molar-refractivity contribution is 6.30. The minimum atomic E-state index is -0.556. The highest BCUT2D eigenvalue weighted by Gasteiger charge is 2.13. The third kappa shape index (κ3) is 4.68. The van der Waals surface area contributed by atoms with E-state index in [-0.39, 0.29) is 12.2 Å². The van der Waals surface area contributed by atoms with Crippen LogP contribution in [-0.2, 0) is 6.61 Å². The van der Waals surface area contributed by atoms with Crippen LogP contribution in [0.1, 0.15) is 15.9 Å². The molecule has 0 aliphatic carbocycles. The molecule has 0 aliphatic heterocycles. The summed E-state index contributed by atoms with van der Waals surface area (Å²) in [7, 11) is 1.58. The van der Waals surface area contributed by atoms with E-state index in [0.29, 0.717) is 16.5 Å². The maximum atomic E-state index is 12.5. The highest BCUT2D eigenvalue weighted by atomic mass is 35.5. The second-order valence-corrected chi connectivity index (χ2v) is 6.08. The van der Waals surface area contributed by atoms with Gasteiger partial charge in [0.25, 0.3) is 11.5 Å². The fourth-order valence-electron chi connectivity index (χ4n) is 2.42. The SMILES string of the molecule is COc1cccc(COn2cccc(C(=O)Nc3cccc(Cl)c3)c2=O)c1. The Hall–Kier alpha value is -3.25. The lowest BCUT2D eigenvalue weighted by Crippen LogP contribution is -2.32. The molecule has 3 aromatic rings. The van der Waals surface area contributed by atoms with Gasteiger partial charge in [-0.2, -0.15) is 4.73 Å². The van der Waals surface area contributed by atoms with E-state index in [0.717, 1.165) is 10.3 Å². The summed E-state index contributed by atoms with van der Waals surface area (Å²) >= 11 is 5.91. The van der Waals surface area contributed by atoms with E-state index >= 15 is 0 Å². The zero-order valence-electron chi connectivity index (χ0n) is 14.5. The molecular formula is C20H17ClN2O4. The Morgan fingerprint density at radius 3 is 2.70 bits per heavy atom. The molecule has 0 unspecified atom stereocenters. The van der Waals surface area contributed by atoms with Crippen LogP contribution >= 0.6 is 11.6 Å². The van der Waals surface area contributed by atoms with E-state index in [1.807, 2.05) is 18.2 Å². The quantitative estimate of drug-likeness (QED) is 0.707. The molecule has 1 heterocycles. The van der Waals surface area contributed by atoms with Gasteiger partial charge < -0.3 is 14.9 Å². The molecule has 27 heavy (non-hydrogen) atoms. The minimum Gasteiger partial charge on any atom is -0.497 e. The molecule has 0 atom stereocenters. The largest absolute Gasteiger partial charge is 0.497 e. The fraction of sp³-hybridized carbons (Fsp3) is 0.100. The number of halogens is 1. The molecule has 0 bridgehead atoms. The summed E-state index contributed by atoms with van der Waals surface area (Å²) in [6.45, 7) is 0.149. The van der Waals surface area contributed by atoms with Gasteiger partial charge in [0.05, 0.1) is 7.11 Å². The van der Waals surface area contributed by atoms with Crippen LogP contribution in [0.5, 0.6) is 5.75 Å². The lowest BCUT2D eigenvalue weighted by Gasteiger charge is -2.11. The predicted molar refractivity (Wildman–Crippen MR) is 103 cm³/mol. The van der Waals surface area contributed by atoms with Crippen molar-refractivity contribution in [1.29, 1.82) is 0 Å². The Kier molecular flexibility index (Phi) is 5.78. The Morgan fingerprint density at radius 1 is 1.11 bits per heavy atom. The van der Waals surface area contributed by atoms with Crippen LogP contribution in [-0.4, -0.2) is 17.7 Å². The number of aromatic nitrogens is 1. The van der Waals surface area contributed by atoms with Crippen molar-refractivity contribution >= 4 is 23.2 Å². The molecule has 0 aliphatic rings. The molecule has 138 valence electrons. The zero-order valence-corrected chi connectivity index (χ0v) is 15.3. The second-order valence-electron chi connectivity index (χ2n) is 5.64. The highest BCUT2D eigenvalue weighted by Crippen LogP contribution is 2.15. The molecule has 0 saturated heterocycles. The molecule has 3 rings (SSSR count). The normalized spacial score (nSPS) is 10.3. The Balaban J connectivity index is 1.75. The van der Waals surface area contributed by atoms with E-state index in [2.05, 4.69) is 5.32 Å². The van der Waals surface area contributed by atoms with Crippen molar-refractivity contribution in [2.45, 2.75) is 6.61 Å². The van der Waals surface area contributed by atoms with Crippen molar-refractivity contribution in [3.05, 3.63) is 93.4 Å². The summed E-state index contributed by atoms with van der Waals surface area (Å²) in [5, 5.41) is 3.13. The molecule has 0 saturated carbocycles. The van der Waals surface area contributed by atoms with Crippen LogP contribution in [0.3, 0.4) is 0 Å². The Morgan fingerprint density at radius 2 is 1.93 bits per heavy atom. The molecule has 7 heteroatoms. The molecule has 0 radical (unpaired) electrons. The lowest BCUT2D eigenvalue weighted by molar-refractivity contribution is 0.0862. The summed E-state index contributed by atoms with van der Waals surface area (Å²) in [5.74, 6) is 0.152. The third-order valence-electron chi connectivity index (χ3n) is 3.75. The number of nitrogens with zero attached hydrogens (tertiary/aromatic N) is 1. The maximum absolute atomic E-state index is 12.5. The van der Waals surface area contributed by atoms with Crippen molar-refractivity contribution in [2.24, 2.45) is 0 Å². The number of nitrogens with one attached hydrogen (secondary N) is 1. The van der Waals surface area contributed by atoms with Crippen LogP contribution in [0.15, 0.2) is 71.7 Å². The van der Waals surface area contributed by atoms with Gasteiger partial charge >= 0.3 is 0 Å². The number of anilines is 1. The summed E-state index contributed by atoms with van der Waals surface area (Å²) in [6, 6.07) is 17.0. The van der Waals surface area contributed by atoms with E-state index in [1.165, 1.54) is 12.3 Å². The second kappa shape index (κ2) is 8.42. The molecule has 1 N–H and O–H groups in total. The van der Waals surface area contributed by atoms with Gasteiger partial charge in [0.15, 0.2) is 0 Å². The topological polar surface area (TPSA) is 69.6 Å². The summed E-state index contributed by atoms with van der Waals surface area (Å²) in [6.07, 6.45) is 1.46. The van der Waals surface area contributed by atoms with Crippen molar-refractivity contribution in [3.8, 4) is 5.75 Å². The van der Waals surface area contributed by atoms with Crippen LogP contribution in [0.2, 0.25) is 5.02 Å². The summed E-state index contributed by atoms with van der Waals surface area (Å²) in [5.41, 5.74) is 0.734. The molecular weight excluding hydrogens is 368 g/mol. The summed E-state index contributed by atoms with van der Waals surface area (Å²) in [4.78, 5) is 30.5. The van der Waals surface area contributed by atoms with Gasteiger partial charge in [-0.3, -0.25) is 9.59 Å². The van der Waals surface area contributed by atoms with Crippen LogP contribution in [0.25, 0.3) is 0 Å². The van der Waals surface area contributed by atoms with Crippen molar-refractivity contribution < 1.29 is 14.4 Å². The Labute approximate surface area is 160 Å². The van der Waals surface area contributed by atoms with E-state index in [9.17, 15) is 9.59 Å². The zero-order chi connectivity index (χ0) is 19.2. The van der Waals surface area contributed by atoms with E-state index in [1.54, 1.807) is 43.5 Å². The number of hydrogen-bond acceptors (Lipinski definition) is 4. The van der Waals surface area contributed by atoms with Gasteiger partial charge in [-0.25, -0.2) is 0 Å². The smallest absolute Gasteiger partial charge is 0.295 e. The third-order valence-corrected chi connectivity index (χ3v) is 3.98.